The number of amides is 2. The maximum absolute atomic E-state index is 14.4. The summed E-state index contributed by atoms with van der Waals surface area (Å²) in [6.45, 7) is 2.15. The summed E-state index contributed by atoms with van der Waals surface area (Å²) in [7, 11) is 0. The summed E-state index contributed by atoms with van der Waals surface area (Å²) in [5.41, 5.74) is -0.654. The van der Waals surface area contributed by atoms with Gasteiger partial charge in [-0.05, 0) is 43.2 Å². The van der Waals surface area contributed by atoms with Crippen LogP contribution in [0.25, 0.3) is 0 Å². The number of fused-ring (bicyclic) bond motifs is 1. The standard InChI is InChI=1S/C18H22FN3O2/c19-18(5-2-6-18)17(24)22-11-14-4-8-21(16(23)15(14)12-22)10-13-3-1-7-20-9-13/h1,3,7,9,14-15H,2,4-6,8,10-12H2/t14-,15+/m0/s1. The summed E-state index contributed by atoms with van der Waals surface area (Å²) in [5, 5.41) is 0. The molecule has 6 heteroatoms. The highest BCUT2D eigenvalue weighted by Gasteiger charge is 2.51. The summed E-state index contributed by atoms with van der Waals surface area (Å²) in [5.74, 6) is -0.306. The van der Waals surface area contributed by atoms with Gasteiger partial charge in [-0.3, -0.25) is 14.6 Å². The lowest BCUT2D eigenvalue weighted by Crippen LogP contribution is -2.49. The topological polar surface area (TPSA) is 53.5 Å². The van der Waals surface area contributed by atoms with Crippen molar-refractivity contribution < 1.29 is 14.0 Å². The highest BCUT2D eigenvalue weighted by atomic mass is 19.1. The molecule has 0 radical (unpaired) electrons. The molecule has 3 aliphatic rings. The number of rotatable bonds is 3. The molecule has 1 aliphatic carbocycles. The lowest BCUT2D eigenvalue weighted by atomic mass is 9.81. The van der Waals surface area contributed by atoms with E-state index in [9.17, 15) is 14.0 Å². The van der Waals surface area contributed by atoms with Gasteiger partial charge in [0.2, 0.25) is 5.91 Å². The molecule has 0 bridgehead atoms. The summed E-state index contributed by atoms with van der Waals surface area (Å²) in [6, 6.07) is 3.82. The molecule has 2 aliphatic heterocycles. The normalized spacial score (nSPS) is 28.5. The Morgan fingerprint density at radius 2 is 2.21 bits per heavy atom. The zero-order valence-electron chi connectivity index (χ0n) is 13.7. The van der Waals surface area contributed by atoms with E-state index in [-0.39, 0.29) is 17.7 Å². The molecule has 0 N–H and O–H groups in total. The molecule has 128 valence electrons. The number of alkyl halides is 1. The number of aromatic nitrogens is 1. The maximum atomic E-state index is 14.4. The Balaban J connectivity index is 1.43. The van der Waals surface area contributed by atoms with E-state index in [1.54, 1.807) is 17.3 Å². The molecule has 1 saturated carbocycles. The Morgan fingerprint density at radius 3 is 2.88 bits per heavy atom. The number of hydrogen-bond acceptors (Lipinski definition) is 3. The number of pyridine rings is 1. The van der Waals surface area contributed by atoms with E-state index in [1.165, 1.54) is 0 Å². The van der Waals surface area contributed by atoms with Gasteiger partial charge in [-0.2, -0.15) is 0 Å². The number of likely N-dealkylation sites (tertiary alicyclic amines) is 2. The Morgan fingerprint density at radius 1 is 1.38 bits per heavy atom. The van der Waals surface area contributed by atoms with E-state index in [0.29, 0.717) is 39.0 Å². The van der Waals surface area contributed by atoms with Crippen LogP contribution in [0.2, 0.25) is 0 Å². The predicted octanol–water partition coefficient (Wildman–Crippen LogP) is 1.78. The minimum Gasteiger partial charge on any atom is -0.339 e. The van der Waals surface area contributed by atoms with Crippen LogP contribution >= 0.6 is 0 Å². The third-order valence-corrected chi connectivity index (χ3v) is 5.75. The number of hydrogen-bond donors (Lipinski definition) is 0. The quantitative estimate of drug-likeness (QED) is 0.848. The number of carbonyl (C=O) groups excluding carboxylic acids is 2. The number of carbonyl (C=O) groups is 2. The molecule has 0 spiro atoms. The first-order valence-corrected chi connectivity index (χ1v) is 8.73. The van der Waals surface area contributed by atoms with Crippen molar-refractivity contribution in [1.29, 1.82) is 0 Å². The molecule has 3 fully saturated rings. The van der Waals surface area contributed by atoms with Crippen LogP contribution in [-0.4, -0.2) is 51.9 Å². The van der Waals surface area contributed by atoms with Crippen LogP contribution in [0.15, 0.2) is 24.5 Å². The first kappa shape index (κ1) is 15.5. The second-order valence-electron chi connectivity index (χ2n) is 7.31. The van der Waals surface area contributed by atoms with Gasteiger partial charge in [-0.1, -0.05) is 6.07 Å². The molecule has 3 heterocycles. The van der Waals surface area contributed by atoms with Gasteiger partial charge in [-0.15, -0.1) is 0 Å². The van der Waals surface area contributed by atoms with Crippen molar-refractivity contribution in [2.24, 2.45) is 11.8 Å². The first-order valence-electron chi connectivity index (χ1n) is 8.73. The second kappa shape index (κ2) is 5.83. The second-order valence-corrected chi connectivity index (χ2v) is 7.31. The number of nitrogens with zero attached hydrogens (tertiary/aromatic N) is 3. The van der Waals surface area contributed by atoms with Crippen LogP contribution in [0.4, 0.5) is 4.39 Å². The largest absolute Gasteiger partial charge is 0.339 e. The van der Waals surface area contributed by atoms with Crippen molar-refractivity contribution in [2.45, 2.75) is 37.9 Å². The van der Waals surface area contributed by atoms with Gasteiger partial charge in [0.1, 0.15) is 0 Å². The maximum Gasteiger partial charge on any atom is 0.260 e. The van der Waals surface area contributed by atoms with Gasteiger partial charge >= 0.3 is 0 Å². The van der Waals surface area contributed by atoms with Crippen molar-refractivity contribution >= 4 is 11.8 Å². The van der Waals surface area contributed by atoms with E-state index in [0.717, 1.165) is 18.4 Å². The summed E-state index contributed by atoms with van der Waals surface area (Å²) in [6.07, 6.45) is 5.80. The van der Waals surface area contributed by atoms with Crippen molar-refractivity contribution in [2.75, 3.05) is 19.6 Å². The SMILES string of the molecule is O=C1[C@@H]2CN(C(=O)C3(F)CCC3)C[C@@H]2CCN1Cc1cccnc1. The predicted molar refractivity (Wildman–Crippen MR) is 85.5 cm³/mol. The molecule has 1 aromatic heterocycles. The third-order valence-electron chi connectivity index (χ3n) is 5.75. The molecule has 24 heavy (non-hydrogen) atoms. The average molecular weight is 331 g/mol. The monoisotopic (exact) mass is 331 g/mol. The fourth-order valence-corrected chi connectivity index (χ4v) is 4.13. The minimum atomic E-state index is -1.66. The van der Waals surface area contributed by atoms with E-state index >= 15 is 0 Å². The summed E-state index contributed by atoms with van der Waals surface area (Å²) in [4.78, 5) is 32.7. The lowest BCUT2D eigenvalue weighted by Gasteiger charge is -2.35. The van der Waals surface area contributed by atoms with Crippen molar-refractivity contribution in [3.63, 3.8) is 0 Å². The highest BCUT2D eigenvalue weighted by molar-refractivity contribution is 5.88. The first-order chi connectivity index (χ1) is 11.6. The van der Waals surface area contributed by atoms with E-state index in [2.05, 4.69) is 4.98 Å². The number of halogens is 1. The molecule has 2 saturated heterocycles. The Labute approximate surface area is 140 Å². The molecular weight excluding hydrogens is 309 g/mol. The molecule has 5 nitrogen and oxygen atoms in total. The fourth-order valence-electron chi connectivity index (χ4n) is 4.13. The summed E-state index contributed by atoms with van der Waals surface area (Å²) >= 11 is 0. The van der Waals surface area contributed by atoms with Gasteiger partial charge in [0.25, 0.3) is 5.91 Å². The molecule has 0 unspecified atom stereocenters. The van der Waals surface area contributed by atoms with Crippen molar-refractivity contribution in [1.82, 2.24) is 14.8 Å². The Kier molecular flexibility index (Phi) is 3.77. The third kappa shape index (κ3) is 2.58. The van der Waals surface area contributed by atoms with Crippen LogP contribution in [-0.2, 0) is 16.1 Å². The van der Waals surface area contributed by atoms with Gasteiger partial charge < -0.3 is 9.80 Å². The van der Waals surface area contributed by atoms with Crippen molar-refractivity contribution in [3.05, 3.63) is 30.1 Å². The van der Waals surface area contributed by atoms with Crippen LogP contribution in [0.3, 0.4) is 0 Å². The van der Waals surface area contributed by atoms with Crippen LogP contribution in [0.5, 0.6) is 0 Å². The zero-order chi connectivity index (χ0) is 16.7. The van der Waals surface area contributed by atoms with Crippen LogP contribution in [0.1, 0.15) is 31.2 Å². The molecular formula is C18H22FN3O2. The zero-order valence-corrected chi connectivity index (χ0v) is 13.7. The highest BCUT2D eigenvalue weighted by Crippen LogP contribution is 2.40. The summed E-state index contributed by atoms with van der Waals surface area (Å²) < 4.78 is 14.4. The molecule has 4 rings (SSSR count). The molecule has 0 aromatic carbocycles. The van der Waals surface area contributed by atoms with Gasteiger partial charge in [0, 0.05) is 38.6 Å². The van der Waals surface area contributed by atoms with E-state index in [4.69, 9.17) is 0 Å². The van der Waals surface area contributed by atoms with Gasteiger partial charge in [-0.25, -0.2) is 4.39 Å². The van der Waals surface area contributed by atoms with Gasteiger partial charge in [0.15, 0.2) is 5.67 Å². The number of piperidine rings is 1. The minimum absolute atomic E-state index is 0.0897. The molecule has 1 aromatic rings. The van der Waals surface area contributed by atoms with E-state index < -0.39 is 11.6 Å². The fraction of sp³-hybridized carbons (Fsp3) is 0.611. The van der Waals surface area contributed by atoms with Crippen LogP contribution < -0.4 is 0 Å². The van der Waals surface area contributed by atoms with E-state index in [1.807, 2.05) is 17.0 Å². The Hall–Kier alpha value is -1.98. The lowest BCUT2D eigenvalue weighted by molar-refractivity contribution is -0.149. The average Bonchev–Trinajstić information content (AvgIpc) is 3.00. The smallest absolute Gasteiger partial charge is 0.260 e. The van der Waals surface area contributed by atoms with Crippen molar-refractivity contribution in [3.8, 4) is 0 Å². The van der Waals surface area contributed by atoms with Crippen LogP contribution in [0, 0.1) is 11.8 Å². The Bertz CT molecular complexity index is 647. The molecule has 2 atom stereocenters. The van der Waals surface area contributed by atoms with Gasteiger partial charge in [0.05, 0.1) is 5.92 Å². The molecule has 2 amide bonds.